The SMILES string of the molecule is Cc1ccc2c(oc3ccccc32)c1-c1cc(C)c2cccc([Si](C)(C)C)c2n1. The Morgan fingerprint density at radius 2 is 1.52 bits per heavy atom. The van der Waals surface area contributed by atoms with Crippen LogP contribution in [-0.2, 0) is 0 Å². The van der Waals surface area contributed by atoms with Crippen molar-refractivity contribution in [3.63, 3.8) is 0 Å². The second kappa shape index (κ2) is 6.29. The van der Waals surface area contributed by atoms with Crippen molar-refractivity contribution in [2.75, 3.05) is 0 Å². The molecular weight excluding hydrogens is 370 g/mol. The molecule has 3 heteroatoms. The fourth-order valence-electron chi connectivity index (χ4n) is 4.36. The molecule has 0 aliphatic heterocycles. The summed E-state index contributed by atoms with van der Waals surface area (Å²) in [5.41, 5.74) is 7.56. The van der Waals surface area contributed by atoms with Crippen LogP contribution in [0.5, 0.6) is 0 Å². The van der Waals surface area contributed by atoms with Gasteiger partial charge in [0.05, 0.1) is 19.3 Å². The normalized spacial score (nSPS) is 12.3. The van der Waals surface area contributed by atoms with Gasteiger partial charge in [-0.25, -0.2) is 4.98 Å². The van der Waals surface area contributed by atoms with Gasteiger partial charge in [-0.2, -0.15) is 0 Å². The van der Waals surface area contributed by atoms with E-state index in [2.05, 4.69) is 82.0 Å². The maximum atomic E-state index is 6.34. The van der Waals surface area contributed by atoms with Crippen molar-refractivity contribution in [2.45, 2.75) is 33.5 Å². The van der Waals surface area contributed by atoms with E-state index in [-0.39, 0.29) is 0 Å². The summed E-state index contributed by atoms with van der Waals surface area (Å²) in [5, 5.41) is 4.97. The number of aryl methyl sites for hydroxylation is 2. The van der Waals surface area contributed by atoms with Gasteiger partial charge in [0, 0.05) is 21.7 Å². The first-order valence-corrected chi connectivity index (χ1v) is 13.7. The molecule has 0 saturated carbocycles. The number of rotatable bonds is 2. The second-order valence-electron chi connectivity index (χ2n) is 9.01. The Hall–Kier alpha value is -2.91. The minimum Gasteiger partial charge on any atom is -0.455 e. The molecule has 0 bridgehead atoms. The quantitative estimate of drug-likeness (QED) is 0.302. The van der Waals surface area contributed by atoms with Crippen LogP contribution in [0.25, 0.3) is 44.1 Å². The number of fused-ring (bicyclic) bond motifs is 4. The summed E-state index contributed by atoms with van der Waals surface area (Å²) in [6.07, 6.45) is 0. The van der Waals surface area contributed by atoms with Crippen LogP contribution in [0.3, 0.4) is 0 Å². The second-order valence-corrected chi connectivity index (χ2v) is 14.0. The van der Waals surface area contributed by atoms with Crippen molar-refractivity contribution in [1.29, 1.82) is 0 Å². The molecule has 5 aromatic rings. The van der Waals surface area contributed by atoms with Crippen molar-refractivity contribution in [3.05, 3.63) is 71.8 Å². The number of hydrogen-bond acceptors (Lipinski definition) is 2. The Kier molecular flexibility index (Phi) is 3.94. The average Bonchev–Trinajstić information content (AvgIpc) is 3.05. The summed E-state index contributed by atoms with van der Waals surface area (Å²) in [4.78, 5) is 5.23. The summed E-state index contributed by atoms with van der Waals surface area (Å²) in [6, 6.07) is 21.5. The molecule has 3 aromatic carbocycles. The monoisotopic (exact) mass is 395 g/mol. The van der Waals surface area contributed by atoms with Crippen molar-refractivity contribution in [2.24, 2.45) is 0 Å². The Bertz CT molecular complexity index is 1410. The molecule has 5 rings (SSSR count). The first-order chi connectivity index (χ1) is 13.8. The number of benzene rings is 3. The van der Waals surface area contributed by atoms with Crippen molar-refractivity contribution in [3.8, 4) is 11.3 Å². The number of pyridine rings is 1. The Morgan fingerprint density at radius 3 is 2.31 bits per heavy atom. The maximum absolute atomic E-state index is 6.34. The van der Waals surface area contributed by atoms with Crippen LogP contribution in [0, 0.1) is 13.8 Å². The highest BCUT2D eigenvalue weighted by Crippen LogP contribution is 2.38. The Labute approximate surface area is 172 Å². The van der Waals surface area contributed by atoms with E-state index in [9.17, 15) is 0 Å². The molecule has 0 spiro atoms. The molecule has 0 atom stereocenters. The first kappa shape index (κ1) is 18.1. The van der Waals surface area contributed by atoms with Gasteiger partial charge in [-0.05, 0) is 42.3 Å². The minimum atomic E-state index is -1.52. The zero-order chi connectivity index (χ0) is 20.3. The van der Waals surface area contributed by atoms with E-state index in [0.29, 0.717) is 0 Å². The van der Waals surface area contributed by atoms with Gasteiger partial charge in [0.2, 0.25) is 0 Å². The molecule has 0 N–H and O–H groups in total. The predicted molar refractivity (Wildman–Crippen MR) is 127 cm³/mol. The summed E-state index contributed by atoms with van der Waals surface area (Å²) >= 11 is 0. The zero-order valence-electron chi connectivity index (χ0n) is 17.6. The third kappa shape index (κ3) is 2.80. The fourth-order valence-corrected chi connectivity index (χ4v) is 5.85. The number of hydrogen-bond donors (Lipinski definition) is 0. The molecular formula is C26H25NOSi. The van der Waals surface area contributed by atoms with E-state index < -0.39 is 8.07 Å². The van der Waals surface area contributed by atoms with Gasteiger partial charge in [-0.15, -0.1) is 0 Å². The molecule has 2 nitrogen and oxygen atoms in total. The molecule has 0 radical (unpaired) electrons. The van der Waals surface area contributed by atoms with Crippen molar-refractivity contribution in [1.82, 2.24) is 4.98 Å². The minimum absolute atomic E-state index is 0.926. The number of nitrogens with zero attached hydrogens (tertiary/aromatic N) is 1. The Balaban J connectivity index is 1.89. The molecule has 2 aromatic heterocycles. The molecule has 2 heterocycles. The van der Waals surface area contributed by atoms with E-state index in [1.165, 1.54) is 21.7 Å². The van der Waals surface area contributed by atoms with Crippen molar-refractivity contribution >= 4 is 46.1 Å². The third-order valence-electron chi connectivity index (χ3n) is 5.87. The van der Waals surface area contributed by atoms with Gasteiger partial charge in [-0.3, -0.25) is 0 Å². The topological polar surface area (TPSA) is 26.0 Å². The van der Waals surface area contributed by atoms with Crippen LogP contribution < -0.4 is 5.19 Å². The number of aromatic nitrogens is 1. The highest BCUT2D eigenvalue weighted by Gasteiger charge is 2.22. The summed E-state index contributed by atoms with van der Waals surface area (Å²) in [5.74, 6) is 0. The van der Waals surface area contributed by atoms with Gasteiger partial charge < -0.3 is 4.42 Å². The summed E-state index contributed by atoms with van der Waals surface area (Å²) in [6.45, 7) is 11.5. The lowest BCUT2D eigenvalue weighted by atomic mass is 9.99. The van der Waals surface area contributed by atoms with Crippen LogP contribution in [0.4, 0.5) is 0 Å². The predicted octanol–water partition coefficient (Wildman–Crippen LogP) is 6.96. The molecule has 0 fully saturated rings. The van der Waals surface area contributed by atoms with E-state index in [1.807, 2.05) is 12.1 Å². The molecule has 144 valence electrons. The van der Waals surface area contributed by atoms with Gasteiger partial charge in [-0.1, -0.05) is 68.2 Å². The van der Waals surface area contributed by atoms with Gasteiger partial charge >= 0.3 is 0 Å². The summed E-state index contributed by atoms with van der Waals surface area (Å²) < 4.78 is 6.34. The third-order valence-corrected chi connectivity index (χ3v) is 7.89. The van der Waals surface area contributed by atoms with E-state index >= 15 is 0 Å². The lowest BCUT2D eigenvalue weighted by Crippen LogP contribution is -2.38. The number of para-hydroxylation sites is 2. The average molecular weight is 396 g/mol. The Morgan fingerprint density at radius 1 is 0.759 bits per heavy atom. The highest BCUT2D eigenvalue weighted by atomic mass is 28.3. The molecule has 0 unspecified atom stereocenters. The van der Waals surface area contributed by atoms with E-state index in [4.69, 9.17) is 9.40 Å². The van der Waals surface area contributed by atoms with E-state index in [0.717, 1.165) is 38.7 Å². The highest BCUT2D eigenvalue weighted by molar-refractivity contribution is 6.90. The van der Waals surface area contributed by atoms with Crippen LogP contribution in [0.15, 0.2) is 65.1 Å². The molecule has 0 aliphatic rings. The van der Waals surface area contributed by atoms with Gasteiger partial charge in [0.15, 0.2) is 0 Å². The van der Waals surface area contributed by atoms with Crippen molar-refractivity contribution < 1.29 is 4.42 Å². The smallest absolute Gasteiger partial charge is 0.145 e. The lowest BCUT2D eigenvalue weighted by Gasteiger charge is -2.20. The molecule has 0 amide bonds. The molecule has 0 aliphatic carbocycles. The first-order valence-electron chi connectivity index (χ1n) is 10.2. The van der Waals surface area contributed by atoms with Crippen LogP contribution in [0.2, 0.25) is 19.6 Å². The molecule has 0 saturated heterocycles. The maximum Gasteiger partial charge on any atom is 0.145 e. The van der Waals surface area contributed by atoms with Crippen LogP contribution in [0.1, 0.15) is 11.1 Å². The molecule has 29 heavy (non-hydrogen) atoms. The standard InChI is InChI=1S/C26H25NOSi/c1-16-13-14-20-19-9-6-7-11-22(19)28-26(20)24(16)21-15-17(2)18-10-8-12-23(25(18)27-21)29(3,4)5/h6-15H,1-5H3. The number of furan rings is 1. The van der Waals surface area contributed by atoms with Crippen LogP contribution in [-0.4, -0.2) is 13.1 Å². The van der Waals surface area contributed by atoms with E-state index in [1.54, 1.807) is 0 Å². The largest absolute Gasteiger partial charge is 0.455 e. The fraction of sp³-hybridized carbons (Fsp3) is 0.192. The van der Waals surface area contributed by atoms with Crippen LogP contribution >= 0.6 is 0 Å². The van der Waals surface area contributed by atoms with Gasteiger partial charge in [0.1, 0.15) is 11.2 Å². The zero-order valence-corrected chi connectivity index (χ0v) is 18.6. The van der Waals surface area contributed by atoms with Gasteiger partial charge in [0.25, 0.3) is 0 Å². The summed E-state index contributed by atoms with van der Waals surface area (Å²) in [7, 11) is -1.52. The lowest BCUT2D eigenvalue weighted by molar-refractivity contribution is 0.669.